The Hall–Kier alpha value is 0.210. The first-order valence-electron chi connectivity index (χ1n) is 3.31. The van der Waals surface area contributed by atoms with Gasteiger partial charge in [-0.3, -0.25) is 0 Å². The van der Waals surface area contributed by atoms with E-state index in [0.29, 0.717) is 0 Å². The van der Waals surface area contributed by atoms with E-state index in [0.717, 1.165) is 12.5 Å². The highest BCUT2D eigenvalue weighted by Gasteiger charge is 2.51. The van der Waals surface area contributed by atoms with E-state index in [2.05, 4.69) is 5.32 Å². The van der Waals surface area contributed by atoms with Crippen molar-refractivity contribution in [2.24, 2.45) is 11.7 Å². The van der Waals surface area contributed by atoms with E-state index >= 15 is 0 Å². The predicted molar refractivity (Wildman–Crippen MR) is 39.8 cm³/mol. The Balaban J connectivity index is 0.000000405. The van der Waals surface area contributed by atoms with Crippen molar-refractivity contribution < 1.29 is 0 Å². The van der Waals surface area contributed by atoms with E-state index in [4.69, 9.17) is 5.73 Å². The van der Waals surface area contributed by atoms with E-state index < -0.39 is 0 Å². The van der Waals surface area contributed by atoms with E-state index in [1.54, 1.807) is 0 Å². The molecule has 1 saturated heterocycles. The molecule has 9 heavy (non-hydrogen) atoms. The van der Waals surface area contributed by atoms with Crippen LogP contribution in [0.2, 0.25) is 0 Å². The maximum absolute atomic E-state index is 5.89. The fourth-order valence-corrected chi connectivity index (χ4v) is 1.60. The zero-order chi connectivity index (χ0) is 5.61. The summed E-state index contributed by atoms with van der Waals surface area (Å²) in [6, 6.07) is 0. The molecule has 0 bridgehead atoms. The molecule has 0 aromatic heterocycles. The van der Waals surface area contributed by atoms with Crippen LogP contribution in [0.5, 0.6) is 0 Å². The lowest BCUT2D eigenvalue weighted by molar-refractivity contribution is 0.446. The maximum atomic E-state index is 5.89. The highest BCUT2D eigenvalue weighted by molar-refractivity contribution is 5.85. The molecule has 0 aromatic carbocycles. The van der Waals surface area contributed by atoms with Crippen LogP contribution in [0, 0.1) is 5.92 Å². The molecule has 2 atom stereocenters. The average molecular weight is 149 g/mol. The van der Waals surface area contributed by atoms with Gasteiger partial charge in [0.25, 0.3) is 0 Å². The maximum Gasteiger partial charge on any atom is 0.0313 e. The summed E-state index contributed by atoms with van der Waals surface area (Å²) < 4.78 is 0. The van der Waals surface area contributed by atoms with Gasteiger partial charge >= 0.3 is 0 Å². The van der Waals surface area contributed by atoms with Gasteiger partial charge in [-0.1, -0.05) is 0 Å². The minimum absolute atomic E-state index is 0. The number of halogens is 1. The SMILES string of the molecule is Cl.NC12CNCCC1C2. The molecule has 1 saturated carbocycles. The van der Waals surface area contributed by atoms with Gasteiger partial charge in [-0.2, -0.15) is 0 Å². The molecule has 1 aliphatic carbocycles. The lowest BCUT2D eigenvalue weighted by atomic mass is 10.1. The van der Waals surface area contributed by atoms with Crippen molar-refractivity contribution in [3.05, 3.63) is 0 Å². The Morgan fingerprint density at radius 3 is 2.78 bits per heavy atom. The average Bonchev–Trinajstić information content (AvgIpc) is 2.39. The van der Waals surface area contributed by atoms with Crippen molar-refractivity contribution >= 4 is 12.4 Å². The lowest BCUT2D eigenvalue weighted by Gasteiger charge is -2.17. The standard InChI is InChI=1S/C6H12N2.ClH/c7-6-3-5(6)1-2-8-4-6;/h5,8H,1-4,7H2;1H. The van der Waals surface area contributed by atoms with Crippen LogP contribution in [0.25, 0.3) is 0 Å². The lowest BCUT2D eigenvalue weighted by Crippen LogP contribution is -2.42. The zero-order valence-corrected chi connectivity index (χ0v) is 6.21. The van der Waals surface area contributed by atoms with Crippen molar-refractivity contribution in [1.82, 2.24) is 5.32 Å². The highest BCUT2D eigenvalue weighted by Crippen LogP contribution is 2.44. The second-order valence-corrected chi connectivity index (χ2v) is 3.10. The molecule has 0 radical (unpaired) electrons. The number of fused-ring (bicyclic) bond motifs is 1. The fourth-order valence-electron chi connectivity index (χ4n) is 1.60. The fraction of sp³-hybridized carbons (Fsp3) is 1.00. The van der Waals surface area contributed by atoms with Crippen molar-refractivity contribution in [3.63, 3.8) is 0 Å². The number of nitrogens with two attached hydrogens (primary N) is 1. The number of hydrogen-bond donors (Lipinski definition) is 2. The molecule has 3 N–H and O–H groups in total. The third-order valence-electron chi connectivity index (χ3n) is 2.40. The van der Waals surface area contributed by atoms with Crippen molar-refractivity contribution in [2.45, 2.75) is 18.4 Å². The second kappa shape index (κ2) is 2.11. The number of hydrogen-bond acceptors (Lipinski definition) is 2. The molecule has 2 nitrogen and oxygen atoms in total. The Labute approximate surface area is 61.6 Å². The number of rotatable bonds is 0. The van der Waals surface area contributed by atoms with Gasteiger partial charge in [0, 0.05) is 12.1 Å². The van der Waals surface area contributed by atoms with Crippen molar-refractivity contribution in [2.75, 3.05) is 13.1 Å². The Morgan fingerprint density at radius 2 is 2.33 bits per heavy atom. The van der Waals surface area contributed by atoms with Gasteiger partial charge in [-0.05, 0) is 25.3 Å². The van der Waals surface area contributed by atoms with Crippen LogP contribution in [0.15, 0.2) is 0 Å². The topological polar surface area (TPSA) is 38.0 Å². The van der Waals surface area contributed by atoms with Gasteiger partial charge in [-0.25, -0.2) is 0 Å². The minimum Gasteiger partial charge on any atom is -0.324 e. The molecule has 54 valence electrons. The van der Waals surface area contributed by atoms with Gasteiger partial charge in [-0.15, -0.1) is 12.4 Å². The summed E-state index contributed by atoms with van der Waals surface area (Å²) >= 11 is 0. The highest BCUT2D eigenvalue weighted by atomic mass is 35.5. The molecule has 2 unspecified atom stereocenters. The third-order valence-corrected chi connectivity index (χ3v) is 2.40. The van der Waals surface area contributed by atoms with Crippen LogP contribution in [0.4, 0.5) is 0 Å². The molecular weight excluding hydrogens is 136 g/mol. The van der Waals surface area contributed by atoms with Crippen LogP contribution >= 0.6 is 12.4 Å². The summed E-state index contributed by atoms with van der Waals surface area (Å²) in [6.07, 6.45) is 2.57. The quantitative estimate of drug-likeness (QED) is 0.512. The molecule has 1 heterocycles. The van der Waals surface area contributed by atoms with E-state index in [9.17, 15) is 0 Å². The summed E-state index contributed by atoms with van der Waals surface area (Å²) in [7, 11) is 0. The molecule has 2 rings (SSSR count). The predicted octanol–water partition coefficient (Wildman–Crippen LogP) is 0.119. The second-order valence-electron chi connectivity index (χ2n) is 3.10. The molecular formula is C6H13ClN2. The van der Waals surface area contributed by atoms with Crippen LogP contribution in [-0.4, -0.2) is 18.6 Å². The summed E-state index contributed by atoms with van der Waals surface area (Å²) in [5.74, 6) is 0.865. The van der Waals surface area contributed by atoms with Crippen molar-refractivity contribution in [3.8, 4) is 0 Å². The number of nitrogens with one attached hydrogen (secondary N) is 1. The molecule has 0 amide bonds. The largest absolute Gasteiger partial charge is 0.324 e. The number of piperidine rings is 1. The zero-order valence-electron chi connectivity index (χ0n) is 5.39. The van der Waals surface area contributed by atoms with Crippen LogP contribution in [0.3, 0.4) is 0 Å². The normalized spacial score (nSPS) is 47.0. The van der Waals surface area contributed by atoms with Gasteiger partial charge in [0.2, 0.25) is 0 Å². The van der Waals surface area contributed by atoms with Crippen LogP contribution in [0.1, 0.15) is 12.8 Å². The first-order valence-corrected chi connectivity index (χ1v) is 3.31. The van der Waals surface area contributed by atoms with E-state index in [1.807, 2.05) is 0 Å². The van der Waals surface area contributed by atoms with Gasteiger partial charge < -0.3 is 11.1 Å². The van der Waals surface area contributed by atoms with Crippen molar-refractivity contribution in [1.29, 1.82) is 0 Å². The van der Waals surface area contributed by atoms with Gasteiger partial charge in [0.05, 0.1) is 0 Å². The monoisotopic (exact) mass is 148 g/mol. The summed E-state index contributed by atoms with van der Waals surface area (Å²) in [5, 5.41) is 3.29. The molecule has 0 spiro atoms. The van der Waals surface area contributed by atoms with Gasteiger partial charge in [0.15, 0.2) is 0 Å². The van der Waals surface area contributed by atoms with E-state index in [1.165, 1.54) is 19.4 Å². The summed E-state index contributed by atoms with van der Waals surface area (Å²) in [5.41, 5.74) is 6.12. The Bertz CT molecular complexity index is 116. The molecule has 2 aliphatic rings. The summed E-state index contributed by atoms with van der Waals surface area (Å²) in [6.45, 7) is 2.24. The first kappa shape index (κ1) is 7.32. The molecule has 1 aliphatic heterocycles. The summed E-state index contributed by atoms with van der Waals surface area (Å²) in [4.78, 5) is 0. The molecule has 3 heteroatoms. The molecule has 2 fully saturated rings. The third kappa shape index (κ3) is 1.07. The smallest absolute Gasteiger partial charge is 0.0313 e. The first-order chi connectivity index (χ1) is 3.81. The Kier molecular flexibility index (Phi) is 1.72. The van der Waals surface area contributed by atoms with Crippen LogP contribution < -0.4 is 11.1 Å². The van der Waals surface area contributed by atoms with E-state index in [-0.39, 0.29) is 17.9 Å². The van der Waals surface area contributed by atoms with Crippen LogP contribution in [-0.2, 0) is 0 Å². The van der Waals surface area contributed by atoms with Gasteiger partial charge in [0.1, 0.15) is 0 Å². The minimum atomic E-state index is 0. The molecule has 0 aromatic rings. The Morgan fingerprint density at radius 1 is 1.56 bits per heavy atom.